The highest BCUT2D eigenvalue weighted by atomic mass is 16.5. The average molecular weight is 504 g/mol. The molecule has 1 aromatic carbocycles. The highest BCUT2D eigenvalue weighted by Gasteiger charge is 2.40. The number of nitrogens with zero attached hydrogens (tertiary/aromatic N) is 6. The summed E-state index contributed by atoms with van der Waals surface area (Å²) >= 11 is 0. The molecule has 3 heterocycles. The molecule has 0 spiro atoms. The molecular weight excluding hydrogens is 474 g/mol. The minimum atomic E-state index is -0.226. The minimum absolute atomic E-state index is 0.226. The zero-order valence-corrected chi connectivity index (χ0v) is 21.0. The number of ether oxygens (including phenoxy) is 3. The second kappa shape index (κ2) is 10.7. The van der Waals surface area contributed by atoms with Crippen molar-refractivity contribution in [2.75, 3.05) is 25.7 Å². The van der Waals surface area contributed by atoms with Gasteiger partial charge in [0, 0.05) is 43.4 Å². The number of hydrogen-bond donors (Lipinski definition) is 1. The molecule has 1 aliphatic carbocycles. The molecule has 4 aromatic rings. The van der Waals surface area contributed by atoms with E-state index in [1.165, 1.54) is 4.68 Å². The Bertz CT molecular complexity index is 1370. The van der Waals surface area contributed by atoms with Gasteiger partial charge in [0.25, 0.3) is 5.56 Å². The summed E-state index contributed by atoms with van der Waals surface area (Å²) in [6, 6.07) is 13.4. The number of anilines is 1. The zero-order chi connectivity index (χ0) is 25.8. The van der Waals surface area contributed by atoms with Crippen molar-refractivity contribution >= 4 is 5.69 Å². The Kier molecular flexibility index (Phi) is 7.02. The van der Waals surface area contributed by atoms with Crippen LogP contribution < -0.4 is 24.7 Å². The SMILES string of the molecule is COc1ccc(CN(Cc2c[nH]nn2)c2cc(OC[C@H]3C[C@@H]3c3ccc(OC)cn3)nn(C)c2=O)cc1. The molecule has 3 aromatic heterocycles. The van der Waals surface area contributed by atoms with Gasteiger partial charge in [-0.15, -0.1) is 10.2 Å². The highest BCUT2D eigenvalue weighted by molar-refractivity contribution is 5.48. The monoisotopic (exact) mass is 503 g/mol. The molecule has 0 radical (unpaired) electrons. The fraction of sp³-hybridized carbons (Fsp3) is 0.346. The Morgan fingerprint density at radius 2 is 1.86 bits per heavy atom. The Balaban J connectivity index is 1.33. The predicted molar refractivity (Wildman–Crippen MR) is 136 cm³/mol. The zero-order valence-electron chi connectivity index (χ0n) is 21.0. The number of methoxy groups -OCH3 is 2. The van der Waals surface area contributed by atoms with E-state index in [4.69, 9.17) is 14.2 Å². The van der Waals surface area contributed by atoms with Crippen molar-refractivity contribution in [3.05, 3.63) is 82.2 Å². The molecule has 37 heavy (non-hydrogen) atoms. The fourth-order valence-electron chi connectivity index (χ4n) is 4.26. The third-order valence-electron chi connectivity index (χ3n) is 6.46. The number of aromatic nitrogens is 6. The minimum Gasteiger partial charge on any atom is -0.497 e. The van der Waals surface area contributed by atoms with Gasteiger partial charge < -0.3 is 19.1 Å². The summed E-state index contributed by atoms with van der Waals surface area (Å²) < 4.78 is 17.8. The third-order valence-corrected chi connectivity index (χ3v) is 6.46. The van der Waals surface area contributed by atoms with E-state index >= 15 is 0 Å². The van der Waals surface area contributed by atoms with Crippen LogP contribution in [0.15, 0.2) is 59.7 Å². The molecule has 0 saturated heterocycles. The van der Waals surface area contributed by atoms with Crippen LogP contribution in [-0.4, -0.2) is 51.0 Å². The van der Waals surface area contributed by atoms with Crippen LogP contribution in [0.25, 0.3) is 0 Å². The van der Waals surface area contributed by atoms with Crippen LogP contribution >= 0.6 is 0 Å². The first-order valence-electron chi connectivity index (χ1n) is 12.0. The van der Waals surface area contributed by atoms with Crippen LogP contribution in [0, 0.1) is 5.92 Å². The standard InChI is InChI=1S/C26H29N7O4/c1-32-26(34)24(33(15-19-12-28-31-29-19)14-17-4-6-20(35-2)7-5-17)11-25(30-32)37-16-18-10-22(18)23-9-8-21(36-3)13-27-23/h4-9,11-13,18,22H,10,14-16H2,1-3H3,(H,28,29,31)/t18-,22+/m1/s1. The molecule has 1 aliphatic rings. The van der Waals surface area contributed by atoms with E-state index in [-0.39, 0.29) is 5.56 Å². The number of aromatic amines is 1. The Hall–Kier alpha value is -4.41. The normalized spacial score (nSPS) is 16.3. The maximum absolute atomic E-state index is 13.1. The van der Waals surface area contributed by atoms with Gasteiger partial charge in [-0.05, 0) is 36.2 Å². The van der Waals surface area contributed by atoms with E-state index in [0.29, 0.717) is 48.8 Å². The van der Waals surface area contributed by atoms with Crippen LogP contribution in [0.4, 0.5) is 5.69 Å². The lowest BCUT2D eigenvalue weighted by Crippen LogP contribution is -2.32. The summed E-state index contributed by atoms with van der Waals surface area (Å²) in [5, 5.41) is 15.0. The molecule has 11 nitrogen and oxygen atoms in total. The lowest BCUT2D eigenvalue weighted by atomic mass is 10.2. The largest absolute Gasteiger partial charge is 0.497 e. The lowest BCUT2D eigenvalue weighted by Gasteiger charge is -2.24. The van der Waals surface area contributed by atoms with Crippen molar-refractivity contribution in [3.63, 3.8) is 0 Å². The van der Waals surface area contributed by atoms with Gasteiger partial charge in [0.1, 0.15) is 22.9 Å². The van der Waals surface area contributed by atoms with Gasteiger partial charge in [-0.3, -0.25) is 14.9 Å². The average Bonchev–Trinajstić information content (AvgIpc) is 3.52. The number of hydrogen-bond acceptors (Lipinski definition) is 9. The number of rotatable bonds is 11. The first-order chi connectivity index (χ1) is 18.0. The second-order valence-electron chi connectivity index (χ2n) is 9.00. The Morgan fingerprint density at radius 1 is 1.08 bits per heavy atom. The van der Waals surface area contributed by atoms with Crippen LogP contribution in [0.1, 0.15) is 29.3 Å². The van der Waals surface area contributed by atoms with Crippen molar-refractivity contribution in [1.29, 1.82) is 0 Å². The van der Waals surface area contributed by atoms with E-state index in [0.717, 1.165) is 29.2 Å². The van der Waals surface area contributed by atoms with E-state index in [1.807, 2.05) is 41.3 Å². The van der Waals surface area contributed by atoms with Gasteiger partial charge >= 0.3 is 0 Å². The summed E-state index contributed by atoms with van der Waals surface area (Å²) in [4.78, 5) is 19.6. The van der Waals surface area contributed by atoms with Crippen LogP contribution in [-0.2, 0) is 20.1 Å². The van der Waals surface area contributed by atoms with Gasteiger partial charge in [0.05, 0.1) is 33.6 Å². The van der Waals surface area contributed by atoms with Gasteiger partial charge in [0.2, 0.25) is 5.88 Å². The Morgan fingerprint density at radius 3 is 2.54 bits per heavy atom. The first kappa shape index (κ1) is 24.3. The van der Waals surface area contributed by atoms with Crippen molar-refractivity contribution in [3.8, 4) is 17.4 Å². The number of benzene rings is 1. The summed E-state index contributed by atoms with van der Waals surface area (Å²) in [5.41, 5.74) is 2.99. The summed E-state index contributed by atoms with van der Waals surface area (Å²) in [7, 11) is 4.88. The van der Waals surface area contributed by atoms with Gasteiger partial charge in [-0.25, -0.2) is 4.68 Å². The third kappa shape index (κ3) is 5.71. The second-order valence-corrected chi connectivity index (χ2v) is 9.00. The molecule has 11 heteroatoms. The maximum atomic E-state index is 13.1. The summed E-state index contributed by atoms with van der Waals surface area (Å²) in [6.45, 7) is 1.35. The number of H-pyrrole nitrogens is 1. The molecule has 192 valence electrons. The molecule has 2 atom stereocenters. The topological polar surface area (TPSA) is 120 Å². The van der Waals surface area contributed by atoms with Crippen molar-refractivity contribution < 1.29 is 14.2 Å². The molecule has 5 rings (SSSR count). The van der Waals surface area contributed by atoms with Crippen LogP contribution in [0.3, 0.4) is 0 Å². The number of pyridine rings is 1. The summed E-state index contributed by atoms with van der Waals surface area (Å²) in [5.74, 6) is 2.59. The molecule has 0 aliphatic heterocycles. The first-order valence-corrected chi connectivity index (χ1v) is 12.0. The van der Waals surface area contributed by atoms with Gasteiger partial charge in [-0.1, -0.05) is 17.3 Å². The van der Waals surface area contributed by atoms with E-state index in [9.17, 15) is 4.79 Å². The molecular formula is C26H29N7O4. The molecule has 0 unspecified atom stereocenters. The summed E-state index contributed by atoms with van der Waals surface area (Å²) in [6.07, 6.45) is 4.44. The van der Waals surface area contributed by atoms with Crippen molar-refractivity contribution in [2.24, 2.45) is 13.0 Å². The van der Waals surface area contributed by atoms with E-state index in [2.05, 4.69) is 25.5 Å². The molecule has 0 bridgehead atoms. The molecule has 0 amide bonds. The van der Waals surface area contributed by atoms with Gasteiger partial charge in [0.15, 0.2) is 0 Å². The molecule has 1 saturated carbocycles. The quantitative estimate of drug-likeness (QED) is 0.329. The number of aryl methyl sites for hydroxylation is 1. The van der Waals surface area contributed by atoms with Crippen molar-refractivity contribution in [1.82, 2.24) is 30.2 Å². The van der Waals surface area contributed by atoms with E-state index in [1.54, 1.807) is 39.7 Å². The Labute approximate surface area is 214 Å². The predicted octanol–water partition coefficient (Wildman–Crippen LogP) is 2.70. The molecule has 1 N–H and O–H groups in total. The van der Waals surface area contributed by atoms with Crippen LogP contribution in [0.5, 0.6) is 17.4 Å². The fourth-order valence-corrected chi connectivity index (χ4v) is 4.26. The smallest absolute Gasteiger partial charge is 0.290 e. The lowest BCUT2D eigenvalue weighted by molar-refractivity contribution is 0.277. The van der Waals surface area contributed by atoms with Crippen LogP contribution in [0.2, 0.25) is 0 Å². The number of nitrogens with one attached hydrogen (secondary N) is 1. The van der Waals surface area contributed by atoms with Crippen molar-refractivity contribution in [2.45, 2.75) is 25.4 Å². The van der Waals surface area contributed by atoms with E-state index < -0.39 is 0 Å². The highest BCUT2D eigenvalue weighted by Crippen LogP contribution is 2.46. The maximum Gasteiger partial charge on any atom is 0.290 e. The van der Waals surface area contributed by atoms with Gasteiger partial charge in [-0.2, -0.15) is 0 Å². The molecule has 1 fully saturated rings.